The van der Waals surface area contributed by atoms with Gasteiger partial charge in [0.15, 0.2) is 0 Å². The van der Waals surface area contributed by atoms with Crippen LogP contribution in [0.4, 0.5) is 0 Å². The number of carboxylic acid groups (broad SMARTS) is 1. The second kappa shape index (κ2) is 5.37. The van der Waals surface area contributed by atoms with E-state index in [1.807, 2.05) is 22.9 Å². The van der Waals surface area contributed by atoms with E-state index in [-0.39, 0.29) is 18.9 Å². The third-order valence-corrected chi connectivity index (χ3v) is 4.01. The van der Waals surface area contributed by atoms with Crippen molar-refractivity contribution in [3.05, 3.63) is 27.8 Å². The zero-order chi connectivity index (χ0) is 12.3. The van der Waals surface area contributed by atoms with E-state index in [1.54, 1.807) is 16.2 Å². The van der Waals surface area contributed by atoms with Crippen LogP contribution in [0.1, 0.15) is 11.3 Å². The summed E-state index contributed by atoms with van der Waals surface area (Å²) in [6.07, 6.45) is -0.0286. The van der Waals surface area contributed by atoms with Gasteiger partial charge in [-0.1, -0.05) is 6.07 Å². The Balaban J connectivity index is 2.19. The van der Waals surface area contributed by atoms with E-state index in [9.17, 15) is 9.59 Å². The Bertz CT molecular complexity index is 453. The minimum Gasteiger partial charge on any atom is -0.481 e. The quantitative estimate of drug-likeness (QED) is 0.909. The van der Waals surface area contributed by atoms with Crippen LogP contribution in [0, 0.1) is 0 Å². The van der Waals surface area contributed by atoms with Gasteiger partial charge in [-0.15, -0.1) is 23.1 Å². The Labute approximate surface area is 107 Å². The number of hydrogen-bond acceptors (Lipinski definition) is 4. The monoisotopic (exact) mass is 269 g/mol. The fraction of sp³-hybridized carbons (Fsp3) is 0.273. The summed E-state index contributed by atoms with van der Waals surface area (Å²) in [6.45, 7) is 0.235. The lowest BCUT2D eigenvalue weighted by atomic mass is 10.3. The maximum atomic E-state index is 11.8. The van der Waals surface area contributed by atoms with Crippen molar-refractivity contribution in [3.8, 4) is 0 Å². The van der Waals surface area contributed by atoms with Gasteiger partial charge in [0.2, 0.25) is 5.91 Å². The fourth-order valence-corrected chi connectivity index (χ4v) is 3.15. The standard InChI is InChI=1S/C11H11NO3S2/c13-10-7-16-6-8(9-2-1-5-17-9)12(10)4-3-11(14)15/h1-2,5-6H,3-4,7H2,(H,14,15). The van der Waals surface area contributed by atoms with Gasteiger partial charge < -0.3 is 10.0 Å². The molecule has 17 heavy (non-hydrogen) atoms. The highest BCUT2D eigenvalue weighted by Crippen LogP contribution is 2.30. The van der Waals surface area contributed by atoms with Crippen molar-refractivity contribution in [3.63, 3.8) is 0 Å². The average molecular weight is 269 g/mol. The maximum Gasteiger partial charge on any atom is 0.305 e. The van der Waals surface area contributed by atoms with Crippen molar-refractivity contribution < 1.29 is 14.7 Å². The number of carbonyl (C=O) groups is 2. The number of carboxylic acids is 1. The normalized spacial score (nSPS) is 15.9. The second-order valence-corrected chi connectivity index (χ2v) is 5.29. The Hall–Kier alpha value is -1.27. The molecule has 0 unspecified atom stereocenters. The third kappa shape index (κ3) is 2.89. The first-order valence-electron chi connectivity index (χ1n) is 5.06. The summed E-state index contributed by atoms with van der Waals surface area (Å²) in [6, 6.07) is 3.85. The van der Waals surface area contributed by atoms with Crippen molar-refractivity contribution in [2.45, 2.75) is 6.42 Å². The van der Waals surface area contributed by atoms with Crippen LogP contribution in [0.5, 0.6) is 0 Å². The van der Waals surface area contributed by atoms with Gasteiger partial charge in [0, 0.05) is 6.54 Å². The molecule has 2 rings (SSSR count). The first kappa shape index (κ1) is 12.2. The molecule has 1 amide bonds. The molecule has 1 aromatic rings. The Morgan fingerprint density at radius 2 is 2.35 bits per heavy atom. The molecule has 6 heteroatoms. The van der Waals surface area contributed by atoms with Gasteiger partial charge in [0.25, 0.3) is 0 Å². The number of hydrogen-bond donors (Lipinski definition) is 1. The lowest BCUT2D eigenvalue weighted by Crippen LogP contribution is -2.34. The molecule has 0 saturated heterocycles. The maximum absolute atomic E-state index is 11.8. The van der Waals surface area contributed by atoms with Crippen molar-refractivity contribution in [1.82, 2.24) is 4.90 Å². The lowest BCUT2D eigenvalue weighted by Gasteiger charge is -2.27. The highest BCUT2D eigenvalue weighted by Gasteiger charge is 2.24. The first-order chi connectivity index (χ1) is 8.18. The molecular formula is C11H11NO3S2. The molecule has 0 fully saturated rings. The van der Waals surface area contributed by atoms with Crippen LogP contribution in [0.25, 0.3) is 5.70 Å². The van der Waals surface area contributed by atoms with E-state index >= 15 is 0 Å². The van der Waals surface area contributed by atoms with Crippen LogP contribution < -0.4 is 0 Å². The van der Waals surface area contributed by atoms with Crippen molar-refractivity contribution in [2.24, 2.45) is 0 Å². The molecule has 0 bridgehead atoms. The zero-order valence-corrected chi connectivity index (χ0v) is 10.6. The van der Waals surface area contributed by atoms with E-state index in [0.717, 1.165) is 10.6 Å². The van der Waals surface area contributed by atoms with E-state index < -0.39 is 5.97 Å². The van der Waals surface area contributed by atoms with Crippen molar-refractivity contribution in [2.75, 3.05) is 12.3 Å². The molecule has 0 aromatic carbocycles. The number of thiophene rings is 1. The molecule has 1 N–H and O–H groups in total. The van der Waals surface area contributed by atoms with Crippen molar-refractivity contribution in [1.29, 1.82) is 0 Å². The summed E-state index contributed by atoms with van der Waals surface area (Å²) in [5, 5.41) is 12.6. The Morgan fingerprint density at radius 3 is 3.00 bits per heavy atom. The number of rotatable bonds is 4. The fourth-order valence-electron chi connectivity index (χ4n) is 1.54. The Morgan fingerprint density at radius 1 is 1.53 bits per heavy atom. The molecule has 0 saturated carbocycles. The minimum absolute atomic E-state index is 0.0258. The van der Waals surface area contributed by atoms with Gasteiger partial charge in [-0.25, -0.2) is 0 Å². The van der Waals surface area contributed by atoms with Crippen LogP contribution >= 0.6 is 23.1 Å². The number of amides is 1. The highest BCUT2D eigenvalue weighted by molar-refractivity contribution is 8.03. The van der Waals surface area contributed by atoms with E-state index in [0.29, 0.717) is 5.75 Å². The summed E-state index contributed by atoms with van der Waals surface area (Å²) in [5.41, 5.74) is 0.822. The zero-order valence-electron chi connectivity index (χ0n) is 8.96. The predicted molar refractivity (Wildman–Crippen MR) is 68.7 cm³/mol. The highest BCUT2D eigenvalue weighted by atomic mass is 32.2. The molecule has 2 heterocycles. The largest absolute Gasteiger partial charge is 0.481 e. The summed E-state index contributed by atoms with van der Waals surface area (Å²) in [7, 11) is 0. The van der Waals surface area contributed by atoms with Gasteiger partial charge in [0.05, 0.1) is 22.7 Å². The SMILES string of the molecule is O=C(O)CCN1C(=O)CSC=C1c1cccs1. The van der Waals surface area contributed by atoms with Crippen LogP contribution in [0.15, 0.2) is 22.9 Å². The number of nitrogens with zero attached hydrogens (tertiary/aromatic N) is 1. The molecule has 1 aromatic heterocycles. The van der Waals surface area contributed by atoms with Gasteiger partial charge >= 0.3 is 5.97 Å². The molecule has 1 aliphatic rings. The smallest absolute Gasteiger partial charge is 0.305 e. The molecule has 0 atom stereocenters. The van der Waals surface area contributed by atoms with E-state index in [4.69, 9.17) is 5.11 Å². The second-order valence-electron chi connectivity index (χ2n) is 3.48. The van der Waals surface area contributed by atoms with Crippen molar-refractivity contribution >= 4 is 40.7 Å². The van der Waals surface area contributed by atoms with Crippen LogP contribution in [-0.4, -0.2) is 34.2 Å². The number of aliphatic carboxylic acids is 1. The molecule has 4 nitrogen and oxygen atoms in total. The molecule has 0 aliphatic carbocycles. The lowest BCUT2D eigenvalue weighted by molar-refractivity contribution is -0.137. The third-order valence-electron chi connectivity index (χ3n) is 2.32. The molecular weight excluding hydrogens is 258 g/mol. The molecule has 90 valence electrons. The van der Waals surface area contributed by atoms with Crippen LogP contribution in [0.2, 0.25) is 0 Å². The van der Waals surface area contributed by atoms with E-state index in [2.05, 4.69) is 0 Å². The first-order valence-corrected chi connectivity index (χ1v) is 6.99. The molecule has 0 radical (unpaired) electrons. The van der Waals surface area contributed by atoms with E-state index in [1.165, 1.54) is 11.8 Å². The van der Waals surface area contributed by atoms with Gasteiger partial charge in [-0.2, -0.15) is 0 Å². The van der Waals surface area contributed by atoms with Crippen LogP contribution in [-0.2, 0) is 9.59 Å². The number of thioether (sulfide) groups is 1. The summed E-state index contributed by atoms with van der Waals surface area (Å²) in [4.78, 5) is 24.9. The average Bonchev–Trinajstić information content (AvgIpc) is 2.80. The Kier molecular flexibility index (Phi) is 3.86. The van der Waals surface area contributed by atoms with Gasteiger partial charge in [-0.3, -0.25) is 9.59 Å². The summed E-state index contributed by atoms with van der Waals surface area (Å²) >= 11 is 3.00. The summed E-state index contributed by atoms with van der Waals surface area (Å²) < 4.78 is 0. The summed E-state index contributed by atoms with van der Waals surface area (Å²) in [5.74, 6) is -0.530. The minimum atomic E-state index is -0.887. The van der Waals surface area contributed by atoms with Crippen LogP contribution in [0.3, 0.4) is 0 Å². The molecule has 0 spiro atoms. The van der Waals surface area contributed by atoms with Gasteiger partial charge in [-0.05, 0) is 16.9 Å². The number of carbonyl (C=O) groups excluding carboxylic acids is 1. The predicted octanol–water partition coefficient (Wildman–Crippen LogP) is 2.10. The molecule has 1 aliphatic heterocycles. The van der Waals surface area contributed by atoms with Gasteiger partial charge in [0.1, 0.15) is 0 Å². The topological polar surface area (TPSA) is 57.6 Å².